The summed E-state index contributed by atoms with van der Waals surface area (Å²) in [5.74, 6) is 0.134. The van der Waals surface area contributed by atoms with Gasteiger partial charge in [0.2, 0.25) is 0 Å². The molecular weight excluding hydrogens is 362 g/mol. The van der Waals surface area contributed by atoms with E-state index in [1.54, 1.807) is 0 Å². The fourth-order valence-electron chi connectivity index (χ4n) is 4.79. The van der Waals surface area contributed by atoms with Crippen LogP contribution in [-0.2, 0) is 9.47 Å². The van der Waals surface area contributed by atoms with Gasteiger partial charge in [0.05, 0.1) is 17.8 Å². The molecule has 4 heteroatoms. The van der Waals surface area contributed by atoms with E-state index in [2.05, 4.69) is 31.2 Å². The van der Waals surface area contributed by atoms with Crippen molar-refractivity contribution in [2.75, 3.05) is 19.7 Å². The minimum Gasteiger partial charge on any atom is -0.378 e. The molecule has 0 bridgehead atoms. The Morgan fingerprint density at radius 1 is 1.10 bits per heavy atom. The molecule has 2 aromatic carbocycles. The molecule has 29 heavy (non-hydrogen) atoms. The highest BCUT2D eigenvalue weighted by molar-refractivity contribution is 5.95. The first-order valence-corrected chi connectivity index (χ1v) is 10.8. The monoisotopic (exact) mass is 393 g/mol. The number of hydrogen-bond acceptors (Lipinski definition) is 3. The number of ether oxygens (including phenoxy) is 2. The highest BCUT2D eigenvalue weighted by atomic mass is 16.5. The van der Waals surface area contributed by atoms with Gasteiger partial charge < -0.3 is 14.4 Å². The van der Waals surface area contributed by atoms with E-state index < -0.39 is 0 Å². The Hall–Kier alpha value is -2.17. The van der Waals surface area contributed by atoms with Crippen molar-refractivity contribution in [2.24, 2.45) is 0 Å². The second kappa shape index (κ2) is 8.68. The van der Waals surface area contributed by atoms with Crippen LogP contribution in [0.4, 0.5) is 0 Å². The smallest absolute Gasteiger partial charge is 0.254 e. The molecule has 0 radical (unpaired) electrons. The molecule has 2 fully saturated rings. The van der Waals surface area contributed by atoms with E-state index in [-0.39, 0.29) is 23.7 Å². The van der Waals surface area contributed by atoms with Gasteiger partial charge in [-0.05, 0) is 43.9 Å². The van der Waals surface area contributed by atoms with E-state index in [9.17, 15) is 4.79 Å². The lowest BCUT2D eigenvalue weighted by Gasteiger charge is -2.49. The first-order chi connectivity index (χ1) is 14.1. The molecule has 154 valence electrons. The molecule has 4 nitrogen and oxygen atoms in total. The molecule has 0 aliphatic carbocycles. The molecule has 4 rings (SSSR count). The lowest BCUT2D eigenvalue weighted by Crippen LogP contribution is -2.52. The topological polar surface area (TPSA) is 38.8 Å². The van der Waals surface area contributed by atoms with Gasteiger partial charge in [0, 0.05) is 38.1 Å². The zero-order valence-corrected chi connectivity index (χ0v) is 17.5. The molecule has 2 aromatic rings. The summed E-state index contributed by atoms with van der Waals surface area (Å²) >= 11 is 0. The van der Waals surface area contributed by atoms with Gasteiger partial charge in [-0.25, -0.2) is 0 Å². The number of piperidine rings is 1. The molecule has 0 unspecified atom stereocenters. The zero-order valence-electron chi connectivity index (χ0n) is 17.5. The Morgan fingerprint density at radius 2 is 1.79 bits per heavy atom. The van der Waals surface area contributed by atoms with Crippen molar-refractivity contribution in [3.05, 3.63) is 71.3 Å². The van der Waals surface area contributed by atoms with Crippen LogP contribution in [0, 0.1) is 6.92 Å². The van der Waals surface area contributed by atoms with Crippen LogP contribution in [-0.4, -0.2) is 42.2 Å². The second-order valence-corrected chi connectivity index (χ2v) is 8.32. The SMILES string of the molecule is CCO[C@H]1C[C@@H](c2ccccc2)OC2(CCN(C(=O)c3ccccc3C)CC2)C1. The standard InChI is InChI=1S/C25H31NO3/c1-3-28-21-17-23(20-10-5-4-6-11-20)29-25(18-21)13-15-26(16-14-25)24(27)22-12-8-7-9-19(22)2/h4-12,21,23H,3,13-18H2,1-2H3/t21-,23-/m0/s1. The maximum Gasteiger partial charge on any atom is 0.254 e. The van der Waals surface area contributed by atoms with Gasteiger partial charge in [-0.1, -0.05) is 48.5 Å². The van der Waals surface area contributed by atoms with E-state index >= 15 is 0 Å². The van der Waals surface area contributed by atoms with Crippen LogP contribution < -0.4 is 0 Å². The van der Waals surface area contributed by atoms with Gasteiger partial charge in [-0.15, -0.1) is 0 Å². The van der Waals surface area contributed by atoms with Crippen LogP contribution in [0.15, 0.2) is 54.6 Å². The highest BCUT2D eigenvalue weighted by Crippen LogP contribution is 2.44. The number of likely N-dealkylation sites (tertiary alicyclic amines) is 1. The molecule has 1 spiro atoms. The number of nitrogens with zero attached hydrogens (tertiary/aromatic N) is 1. The third kappa shape index (κ3) is 4.39. The van der Waals surface area contributed by atoms with Crippen LogP contribution in [0.2, 0.25) is 0 Å². The summed E-state index contributed by atoms with van der Waals surface area (Å²) in [5.41, 5.74) is 2.85. The average Bonchev–Trinajstić information content (AvgIpc) is 2.75. The second-order valence-electron chi connectivity index (χ2n) is 8.32. The zero-order chi connectivity index (χ0) is 20.3. The summed E-state index contributed by atoms with van der Waals surface area (Å²) in [6.45, 7) is 6.24. The largest absolute Gasteiger partial charge is 0.378 e. The molecule has 0 aromatic heterocycles. The molecule has 0 saturated carbocycles. The number of carbonyl (C=O) groups excluding carboxylic acids is 1. The van der Waals surface area contributed by atoms with Gasteiger partial charge in [-0.2, -0.15) is 0 Å². The van der Waals surface area contributed by atoms with Crippen molar-refractivity contribution in [3.63, 3.8) is 0 Å². The Morgan fingerprint density at radius 3 is 2.48 bits per heavy atom. The van der Waals surface area contributed by atoms with E-state index in [1.165, 1.54) is 5.56 Å². The van der Waals surface area contributed by atoms with Crippen LogP contribution in [0.3, 0.4) is 0 Å². The summed E-state index contributed by atoms with van der Waals surface area (Å²) in [6.07, 6.45) is 3.79. The summed E-state index contributed by atoms with van der Waals surface area (Å²) < 4.78 is 12.8. The molecular formula is C25H31NO3. The van der Waals surface area contributed by atoms with Crippen LogP contribution in [0.25, 0.3) is 0 Å². The fraction of sp³-hybridized carbons (Fsp3) is 0.480. The molecule has 2 heterocycles. The van der Waals surface area contributed by atoms with Crippen molar-refractivity contribution >= 4 is 5.91 Å². The van der Waals surface area contributed by atoms with Gasteiger partial charge >= 0.3 is 0 Å². The maximum atomic E-state index is 13.0. The number of benzene rings is 2. The van der Waals surface area contributed by atoms with Crippen LogP contribution in [0.5, 0.6) is 0 Å². The minimum absolute atomic E-state index is 0.0557. The van der Waals surface area contributed by atoms with Crippen molar-refractivity contribution in [1.82, 2.24) is 4.90 Å². The van der Waals surface area contributed by atoms with Gasteiger partial charge in [0.15, 0.2) is 0 Å². The van der Waals surface area contributed by atoms with Crippen LogP contribution in [0.1, 0.15) is 60.2 Å². The molecule has 0 N–H and O–H groups in total. The van der Waals surface area contributed by atoms with Gasteiger partial charge in [0.1, 0.15) is 0 Å². The normalized spacial score (nSPS) is 23.9. The quantitative estimate of drug-likeness (QED) is 0.740. The van der Waals surface area contributed by atoms with Crippen molar-refractivity contribution in [2.45, 2.75) is 57.3 Å². The van der Waals surface area contributed by atoms with Gasteiger partial charge in [-0.3, -0.25) is 4.79 Å². The summed E-state index contributed by atoms with van der Waals surface area (Å²) in [5, 5.41) is 0. The molecule has 2 aliphatic heterocycles. The summed E-state index contributed by atoms with van der Waals surface area (Å²) in [7, 11) is 0. The lowest BCUT2D eigenvalue weighted by molar-refractivity contribution is -0.190. The van der Waals surface area contributed by atoms with E-state index in [4.69, 9.17) is 9.47 Å². The summed E-state index contributed by atoms with van der Waals surface area (Å²) in [4.78, 5) is 15.0. The average molecular weight is 394 g/mol. The number of rotatable bonds is 4. The molecule has 2 atom stereocenters. The van der Waals surface area contributed by atoms with Crippen LogP contribution >= 0.6 is 0 Å². The Bertz CT molecular complexity index is 827. The Balaban J connectivity index is 1.48. The number of hydrogen-bond donors (Lipinski definition) is 0. The number of aryl methyl sites for hydroxylation is 1. The van der Waals surface area contributed by atoms with Crippen molar-refractivity contribution in [1.29, 1.82) is 0 Å². The highest BCUT2D eigenvalue weighted by Gasteiger charge is 2.45. The number of amides is 1. The van der Waals surface area contributed by atoms with Gasteiger partial charge in [0.25, 0.3) is 5.91 Å². The summed E-state index contributed by atoms with van der Waals surface area (Å²) in [6, 6.07) is 18.3. The molecule has 1 amide bonds. The molecule has 2 saturated heterocycles. The minimum atomic E-state index is -0.207. The Labute approximate surface area is 173 Å². The van der Waals surface area contributed by atoms with Crippen molar-refractivity contribution < 1.29 is 14.3 Å². The van der Waals surface area contributed by atoms with E-state index in [0.29, 0.717) is 0 Å². The third-order valence-corrected chi connectivity index (χ3v) is 6.38. The maximum absolute atomic E-state index is 13.0. The lowest BCUT2D eigenvalue weighted by atomic mass is 9.80. The predicted molar refractivity (Wildman–Crippen MR) is 114 cm³/mol. The first kappa shape index (κ1) is 20.1. The number of carbonyl (C=O) groups is 1. The Kier molecular flexibility index (Phi) is 6.02. The fourth-order valence-corrected chi connectivity index (χ4v) is 4.79. The predicted octanol–water partition coefficient (Wildman–Crippen LogP) is 4.93. The van der Waals surface area contributed by atoms with E-state index in [1.807, 2.05) is 42.2 Å². The van der Waals surface area contributed by atoms with E-state index in [0.717, 1.165) is 56.5 Å². The molecule has 2 aliphatic rings. The third-order valence-electron chi connectivity index (χ3n) is 6.38. The van der Waals surface area contributed by atoms with Crippen molar-refractivity contribution in [3.8, 4) is 0 Å². The first-order valence-electron chi connectivity index (χ1n) is 10.8.